The van der Waals surface area contributed by atoms with Crippen molar-refractivity contribution in [1.82, 2.24) is 60.3 Å². The summed E-state index contributed by atoms with van der Waals surface area (Å²) in [6.45, 7) is 0. The van der Waals surface area contributed by atoms with Gasteiger partial charge in [0, 0.05) is 33.4 Å². The van der Waals surface area contributed by atoms with Crippen LogP contribution in [0.25, 0.3) is 55.1 Å². The van der Waals surface area contributed by atoms with Gasteiger partial charge in [-0.3, -0.25) is 0 Å². The lowest BCUT2D eigenvalue weighted by Crippen LogP contribution is -2.42. The SMILES string of the molecule is c1ccc2c(S(c3ncc4[nH]cnc4n3)(c3nc4ccccc4[nH]3)(c3nc4ccccc4o3)(c3nccs3)c3cccc4n[nH]nc34)[nH]cc2c1. The number of rotatable bonds is 6. The van der Waals surface area contributed by atoms with Crippen molar-refractivity contribution in [2.45, 2.75) is 29.8 Å². The Balaban J connectivity index is 1.61. The molecule has 13 nitrogen and oxygen atoms in total. The number of para-hydroxylation sites is 5. The van der Waals surface area contributed by atoms with Crippen LogP contribution in [0.5, 0.6) is 0 Å². The van der Waals surface area contributed by atoms with Gasteiger partial charge in [-0.05, 0) is 44.7 Å². The standard InChI is InChI=1S/C36H24N12OS2/c1-2-9-22-21(8-1)18-38-32(22)51(36-37-16-17-50-36,29-15-7-13-26-30(29)47-48-46-26,33-39-19-27-31(45-33)41-20-40-27,34-42-23-10-3-4-11-24(23)43-34)35-44-25-12-5-6-14-28(25)49-35/h1-20,38H,(H,42,43)(H,46,47,48)(H,39,40,41,45). The Morgan fingerprint density at radius 2 is 1.57 bits per heavy atom. The van der Waals surface area contributed by atoms with E-state index in [1.165, 1.54) is 11.3 Å². The maximum absolute atomic E-state index is 7.28. The van der Waals surface area contributed by atoms with Crippen LogP contribution in [0.1, 0.15) is 0 Å². The summed E-state index contributed by atoms with van der Waals surface area (Å²) >= 11 is 1.45. The number of benzene rings is 4. The van der Waals surface area contributed by atoms with Crippen LogP contribution in [-0.2, 0) is 0 Å². The average molecular weight is 705 g/mol. The lowest BCUT2D eigenvalue weighted by Gasteiger charge is -2.69. The van der Waals surface area contributed by atoms with Crippen molar-refractivity contribution < 1.29 is 4.42 Å². The number of fused-ring (bicyclic) bond motifs is 5. The number of aromatic nitrogens is 12. The molecule has 0 amide bonds. The van der Waals surface area contributed by atoms with Gasteiger partial charge in [-0.15, -0.1) is 11.3 Å². The molecule has 0 spiro atoms. The summed E-state index contributed by atoms with van der Waals surface area (Å²) in [4.78, 5) is 43.4. The number of H-pyrrole nitrogens is 4. The molecule has 0 aliphatic carbocycles. The van der Waals surface area contributed by atoms with E-state index in [9.17, 15) is 0 Å². The zero-order valence-electron chi connectivity index (χ0n) is 26.3. The Labute approximate surface area is 289 Å². The second-order valence-electron chi connectivity index (χ2n) is 12.3. The number of hydrogen-bond acceptors (Lipinski definition) is 10. The van der Waals surface area contributed by atoms with Crippen molar-refractivity contribution in [1.29, 1.82) is 0 Å². The van der Waals surface area contributed by atoms with E-state index in [4.69, 9.17) is 34.4 Å². The van der Waals surface area contributed by atoms with Gasteiger partial charge in [0.15, 0.2) is 21.5 Å². The van der Waals surface area contributed by atoms with Crippen molar-refractivity contribution in [3.05, 3.63) is 121 Å². The quantitative estimate of drug-likeness (QED) is 0.124. The first-order valence-corrected chi connectivity index (χ1v) is 19.3. The molecule has 7 heterocycles. The fraction of sp³-hybridized carbons (Fsp3) is 0. The fourth-order valence-electron chi connectivity index (χ4n) is 7.74. The van der Waals surface area contributed by atoms with Crippen molar-refractivity contribution in [3.63, 3.8) is 0 Å². The Kier molecular flexibility index (Phi) is 5.24. The molecule has 0 aliphatic heterocycles. The molecule has 11 rings (SSSR count). The largest absolute Gasteiger partial charge is 0.432 e. The van der Waals surface area contributed by atoms with Gasteiger partial charge < -0.3 is 19.4 Å². The minimum atomic E-state index is -5.68. The average Bonchev–Trinajstić information content (AvgIpc) is 4.03. The molecule has 0 saturated heterocycles. The topological polar surface area (TPSA) is 179 Å². The van der Waals surface area contributed by atoms with E-state index in [1.54, 1.807) is 18.7 Å². The fourth-order valence-corrected chi connectivity index (χ4v) is 17.5. The van der Waals surface area contributed by atoms with Gasteiger partial charge in [0.25, 0.3) is 5.22 Å². The van der Waals surface area contributed by atoms with Crippen LogP contribution in [-0.4, -0.2) is 60.3 Å². The molecule has 0 unspecified atom stereocenters. The lowest BCUT2D eigenvalue weighted by atomic mass is 10.2. The molecule has 7 aromatic heterocycles. The molecule has 0 fully saturated rings. The van der Waals surface area contributed by atoms with E-state index >= 15 is 0 Å². The van der Waals surface area contributed by atoms with Crippen LogP contribution in [0.15, 0.2) is 156 Å². The van der Waals surface area contributed by atoms with Crippen LogP contribution < -0.4 is 0 Å². The highest BCUT2D eigenvalue weighted by atomic mass is 32.4. The predicted octanol–water partition coefficient (Wildman–Crippen LogP) is 8.11. The molecule has 51 heavy (non-hydrogen) atoms. The lowest BCUT2D eigenvalue weighted by molar-refractivity contribution is 0.469. The van der Waals surface area contributed by atoms with E-state index in [0.717, 1.165) is 16.3 Å². The Morgan fingerprint density at radius 1 is 0.706 bits per heavy atom. The summed E-state index contributed by atoms with van der Waals surface area (Å²) in [5.41, 5.74) is 4.95. The van der Waals surface area contributed by atoms with Crippen LogP contribution in [0.3, 0.4) is 0 Å². The summed E-state index contributed by atoms with van der Waals surface area (Å²) in [5.74, 6) is 0. The minimum absolute atomic E-state index is 0.281. The van der Waals surface area contributed by atoms with Crippen molar-refractivity contribution in [3.8, 4) is 0 Å². The molecule has 15 heteroatoms. The molecule has 4 aromatic carbocycles. The first kappa shape index (κ1) is 28.2. The molecule has 4 N–H and O–H groups in total. The first-order chi connectivity index (χ1) is 25.2. The maximum atomic E-state index is 7.28. The van der Waals surface area contributed by atoms with Gasteiger partial charge in [-0.1, -0.05) is 54.6 Å². The van der Waals surface area contributed by atoms with Gasteiger partial charge in [-0.25, -0.2) is 29.9 Å². The third-order valence-corrected chi connectivity index (χ3v) is 19.1. The molecule has 0 atom stereocenters. The van der Waals surface area contributed by atoms with Crippen LogP contribution in [0.2, 0.25) is 0 Å². The molecule has 0 aliphatic rings. The van der Waals surface area contributed by atoms with Gasteiger partial charge in [0.1, 0.15) is 26.4 Å². The third-order valence-electron chi connectivity index (χ3n) is 9.95. The third kappa shape index (κ3) is 2.98. The number of nitrogens with one attached hydrogen (secondary N) is 4. The van der Waals surface area contributed by atoms with E-state index in [2.05, 4.69) is 42.4 Å². The van der Waals surface area contributed by atoms with Crippen LogP contribution >= 0.6 is 19.6 Å². The molecule has 11 aromatic rings. The second-order valence-corrected chi connectivity index (χ2v) is 18.8. The summed E-state index contributed by atoms with van der Waals surface area (Å²) in [6, 6.07) is 29.7. The number of oxazole rings is 1. The number of imidazole rings is 2. The monoisotopic (exact) mass is 704 g/mol. The smallest absolute Gasteiger partial charge is 0.252 e. The summed E-state index contributed by atoms with van der Waals surface area (Å²) in [5, 5.41) is 17.9. The highest BCUT2D eigenvalue weighted by Crippen LogP contribution is 3.12. The minimum Gasteiger partial charge on any atom is -0.432 e. The van der Waals surface area contributed by atoms with Crippen LogP contribution in [0.4, 0.5) is 0 Å². The van der Waals surface area contributed by atoms with Gasteiger partial charge in [-0.2, -0.15) is 15.4 Å². The zero-order chi connectivity index (χ0) is 33.7. The van der Waals surface area contributed by atoms with Crippen molar-refractivity contribution >= 4 is 74.7 Å². The van der Waals surface area contributed by atoms with E-state index in [-0.39, 0.29) is 5.22 Å². The number of aromatic amines is 4. The molecular weight excluding hydrogens is 681 g/mol. The Morgan fingerprint density at radius 3 is 2.47 bits per heavy atom. The number of thiazole rings is 1. The summed E-state index contributed by atoms with van der Waals surface area (Å²) < 4.78 is 7.86. The highest BCUT2D eigenvalue weighted by molar-refractivity contribution is 8.65. The first-order valence-electron chi connectivity index (χ1n) is 16.0. The second kappa shape index (κ2) is 9.50. The van der Waals surface area contributed by atoms with Gasteiger partial charge >= 0.3 is 0 Å². The predicted molar refractivity (Wildman–Crippen MR) is 193 cm³/mol. The normalized spacial score (nSPS) is 13.8. The molecule has 0 bridgehead atoms. The molecule has 0 radical (unpaired) electrons. The van der Waals surface area contributed by atoms with Crippen molar-refractivity contribution in [2.75, 3.05) is 0 Å². The van der Waals surface area contributed by atoms with Gasteiger partial charge in [0.05, 0.1) is 28.6 Å². The van der Waals surface area contributed by atoms with E-state index < -0.39 is 8.29 Å². The Hall–Kier alpha value is -6.71. The molecule has 246 valence electrons. The summed E-state index contributed by atoms with van der Waals surface area (Å²) in [6.07, 6.45) is 7.12. The highest BCUT2D eigenvalue weighted by Gasteiger charge is 2.82. The van der Waals surface area contributed by atoms with E-state index in [0.29, 0.717) is 63.4 Å². The Bertz CT molecular complexity index is 2980. The molecule has 0 saturated carbocycles. The number of nitrogens with zero attached hydrogens (tertiary/aromatic N) is 8. The van der Waals surface area contributed by atoms with Crippen LogP contribution in [0, 0.1) is 0 Å². The van der Waals surface area contributed by atoms with E-state index in [1.807, 2.05) is 90.4 Å². The maximum Gasteiger partial charge on any atom is 0.252 e. The zero-order valence-corrected chi connectivity index (χ0v) is 28.0. The summed E-state index contributed by atoms with van der Waals surface area (Å²) in [7, 11) is -5.68. The van der Waals surface area contributed by atoms with Crippen molar-refractivity contribution in [2.24, 2.45) is 0 Å². The van der Waals surface area contributed by atoms with Gasteiger partial charge in [0.2, 0.25) is 0 Å². The number of hydrogen-bond donors (Lipinski definition) is 4. The molecular formula is C36H24N12OS2.